The minimum atomic E-state index is 0.288. The van der Waals surface area contributed by atoms with Crippen molar-refractivity contribution in [2.75, 3.05) is 7.05 Å². The number of halogens is 1. The van der Waals surface area contributed by atoms with Gasteiger partial charge in [0.2, 0.25) is 0 Å². The summed E-state index contributed by atoms with van der Waals surface area (Å²) in [5.41, 5.74) is 1.47. The van der Waals surface area contributed by atoms with Gasteiger partial charge in [0.15, 0.2) is 0 Å². The van der Waals surface area contributed by atoms with Gasteiger partial charge in [0, 0.05) is 5.54 Å². The fourth-order valence-electron chi connectivity index (χ4n) is 1.73. The van der Waals surface area contributed by atoms with E-state index in [-0.39, 0.29) is 5.54 Å². The second-order valence-electron chi connectivity index (χ2n) is 3.96. The van der Waals surface area contributed by atoms with Crippen LogP contribution in [0.4, 0.5) is 0 Å². The standard InChI is InChI=1S/C11H14BrNO/c1-13-11(5-6-11)7-8-3-2-4-9(14)10(8)12/h2-4,13-14H,5-7H2,1H3. The van der Waals surface area contributed by atoms with Crippen LogP contribution in [0.1, 0.15) is 18.4 Å². The zero-order chi connectivity index (χ0) is 10.2. The smallest absolute Gasteiger partial charge is 0.130 e. The molecule has 1 aliphatic carbocycles. The molecule has 1 aliphatic rings. The largest absolute Gasteiger partial charge is 0.507 e. The zero-order valence-electron chi connectivity index (χ0n) is 8.18. The maximum Gasteiger partial charge on any atom is 0.130 e. The maximum atomic E-state index is 9.52. The van der Waals surface area contributed by atoms with E-state index in [4.69, 9.17) is 0 Å². The maximum absolute atomic E-state index is 9.52. The molecule has 1 fully saturated rings. The van der Waals surface area contributed by atoms with Gasteiger partial charge in [-0.15, -0.1) is 0 Å². The lowest BCUT2D eigenvalue weighted by atomic mass is 10.0. The van der Waals surface area contributed by atoms with E-state index in [0.29, 0.717) is 5.75 Å². The quantitative estimate of drug-likeness (QED) is 0.870. The van der Waals surface area contributed by atoms with Crippen LogP contribution in [0.2, 0.25) is 0 Å². The van der Waals surface area contributed by atoms with Gasteiger partial charge in [-0.25, -0.2) is 0 Å². The SMILES string of the molecule is CNC1(Cc2cccc(O)c2Br)CC1. The molecule has 2 N–H and O–H groups in total. The van der Waals surface area contributed by atoms with E-state index in [1.165, 1.54) is 18.4 Å². The number of benzene rings is 1. The van der Waals surface area contributed by atoms with Crippen LogP contribution in [0.25, 0.3) is 0 Å². The third kappa shape index (κ3) is 1.79. The number of phenols is 1. The highest BCUT2D eigenvalue weighted by atomic mass is 79.9. The molecule has 0 radical (unpaired) electrons. The second-order valence-corrected chi connectivity index (χ2v) is 4.75. The monoisotopic (exact) mass is 255 g/mol. The molecule has 1 saturated carbocycles. The van der Waals surface area contributed by atoms with Crippen LogP contribution in [-0.2, 0) is 6.42 Å². The lowest BCUT2D eigenvalue weighted by molar-refractivity contribution is 0.469. The van der Waals surface area contributed by atoms with Crippen LogP contribution >= 0.6 is 15.9 Å². The van der Waals surface area contributed by atoms with Gasteiger partial charge in [-0.2, -0.15) is 0 Å². The molecule has 2 rings (SSSR count). The average Bonchev–Trinajstić information content (AvgIpc) is 2.94. The Morgan fingerprint density at radius 3 is 2.79 bits per heavy atom. The van der Waals surface area contributed by atoms with Crippen LogP contribution in [0.3, 0.4) is 0 Å². The van der Waals surface area contributed by atoms with E-state index in [1.807, 2.05) is 13.1 Å². The Kier molecular flexibility index (Phi) is 2.54. The molecule has 14 heavy (non-hydrogen) atoms. The Balaban J connectivity index is 2.21. The van der Waals surface area contributed by atoms with Gasteiger partial charge in [-0.3, -0.25) is 0 Å². The Bertz CT molecular complexity index is 347. The molecule has 0 heterocycles. The molecule has 0 aromatic heterocycles. The van der Waals surface area contributed by atoms with Crippen molar-refractivity contribution in [3.05, 3.63) is 28.2 Å². The number of likely N-dealkylation sites (N-methyl/N-ethyl adjacent to an activating group) is 1. The summed E-state index contributed by atoms with van der Waals surface area (Å²) < 4.78 is 0.835. The first kappa shape index (κ1) is 9.99. The average molecular weight is 256 g/mol. The number of phenolic OH excluding ortho intramolecular Hbond substituents is 1. The molecular weight excluding hydrogens is 242 g/mol. The lowest BCUT2D eigenvalue weighted by Crippen LogP contribution is -2.29. The predicted octanol–water partition coefficient (Wildman–Crippen LogP) is 2.45. The Labute approximate surface area is 92.5 Å². The van der Waals surface area contributed by atoms with Crippen molar-refractivity contribution >= 4 is 15.9 Å². The van der Waals surface area contributed by atoms with Crippen LogP contribution in [0, 0.1) is 0 Å². The first-order chi connectivity index (χ1) is 6.67. The minimum Gasteiger partial charge on any atom is -0.507 e. The normalized spacial score (nSPS) is 18.1. The molecule has 0 bridgehead atoms. The van der Waals surface area contributed by atoms with Gasteiger partial charge < -0.3 is 10.4 Å². The molecule has 1 aromatic carbocycles. The van der Waals surface area contributed by atoms with E-state index in [1.54, 1.807) is 6.07 Å². The van der Waals surface area contributed by atoms with Gasteiger partial charge in [-0.1, -0.05) is 12.1 Å². The van der Waals surface area contributed by atoms with Crippen molar-refractivity contribution in [1.82, 2.24) is 5.32 Å². The molecule has 0 saturated heterocycles. The van der Waals surface area contributed by atoms with Gasteiger partial charge in [0.05, 0.1) is 4.47 Å². The summed E-state index contributed by atoms with van der Waals surface area (Å²) in [4.78, 5) is 0. The fraction of sp³-hybridized carbons (Fsp3) is 0.455. The predicted molar refractivity (Wildman–Crippen MR) is 60.5 cm³/mol. The van der Waals surface area contributed by atoms with Crippen LogP contribution in [-0.4, -0.2) is 17.7 Å². The second kappa shape index (κ2) is 3.55. The van der Waals surface area contributed by atoms with Crippen LogP contribution in [0.5, 0.6) is 5.75 Å². The summed E-state index contributed by atoms with van der Waals surface area (Å²) in [5, 5.41) is 12.9. The first-order valence-electron chi connectivity index (χ1n) is 4.82. The number of hydrogen-bond donors (Lipinski definition) is 2. The highest BCUT2D eigenvalue weighted by Gasteiger charge is 2.41. The highest BCUT2D eigenvalue weighted by Crippen LogP contribution is 2.40. The Hall–Kier alpha value is -0.540. The lowest BCUT2D eigenvalue weighted by Gasteiger charge is -2.15. The van der Waals surface area contributed by atoms with Gasteiger partial charge in [0.25, 0.3) is 0 Å². The van der Waals surface area contributed by atoms with Crippen LogP contribution in [0.15, 0.2) is 22.7 Å². The fourth-order valence-corrected chi connectivity index (χ4v) is 2.14. The zero-order valence-corrected chi connectivity index (χ0v) is 9.76. The molecule has 3 heteroatoms. The summed E-state index contributed by atoms with van der Waals surface area (Å²) in [7, 11) is 2.00. The van der Waals surface area contributed by atoms with Crippen molar-refractivity contribution in [2.24, 2.45) is 0 Å². The first-order valence-corrected chi connectivity index (χ1v) is 5.61. The summed E-state index contributed by atoms with van der Waals surface area (Å²) >= 11 is 3.41. The molecule has 0 unspecified atom stereocenters. The van der Waals surface area contributed by atoms with E-state index in [9.17, 15) is 5.11 Å². The molecule has 0 aliphatic heterocycles. The number of aromatic hydroxyl groups is 1. The van der Waals surface area contributed by atoms with Crippen molar-refractivity contribution in [3.63, 3.8) is 0 Å². The molecule has 0 spiro atoms. The van der Waals surface area contributed by atoms with Gasteiger partial charge >= 0.3 is 0 Å². The molecule has 2 nitrogen and oxygen atoms in total. The summed E-state index contributed by atoms with van der Waals surface area (Å²) in [6.07, 6.45) is 3.44. The van der Waals surface area contributed by atoms with Gasteiger partial charge in [-0.05, 0) is 53.9 Å². The minimum absolute atomic E-state index is 0.288. The molecule has 76 valence electrons. The number of rotatable bonds is 3. The van der Waals surface area contributed by atoms with E-state index in [2.05, 4.69) is 27.3 Å². The number of hydrogen-bond acceptors (Lipinski definition) is 2. The molecule has 0 atom stereocenters. The van der Waals surface area contributed by atoms with Crippen molar-refractivity contribution in [1.29, 1.82) is 0 Å². The molecule has 1 aromatic rings. The number of nitrogens with one attached hydrogen (secondary N) is 1. The Morgan fingerprint density at radius 1 is 1.50 bits per heavy atom. The summed E-state index contributed by atoms with van der Waals surface area (Å²) in [5.74, 6) is 0.328. The Morgan fingerprint density at radius 2 is 2.21 bits per heavy atom. The molecular formula is C11H14BrNO. The van der Waals surface area contributed by atoms with E-state index >= 15 is 0 Å². The highest BCUT2D eigenvalue weighted by molar-refractivity contribution is 9.10. The summed E-state index contributed by atoms with van der Waals surface area (Å²) in [6, 6.07) is 5.65. The van der Waals surface area contributed by atoms with E-state index in [0.717, 1.165) is 10.9 Å². The van der Waals surface area contributed by atoms with Crippen LogP contribution < -0.4 is 5.32 Å². The van der Waals surface area contributed by atoms with E-state index < -0.39 is 0 Å². The summed E-state index contributed by atoms with van der Waals surface area (Å²) in [6.45, 7) is 0. The molecule has 0 amide bonds. The van der Waals surface area contributed by atoms with Crippen molar-refractivity contribution < 1.29 is 5.11 Å². The van der Waals surface area contributed by atoms with Crippen molar-refractivity contribution in [2.45, 2.75) is 24.8 Å². The van der Waals surface area contributed by atoms with Crippen molar-refractivity contribution in [3.8, 4) is 5.75 Å². The topological polar surface area (TPSA) is 32.3 Å². The van der Waals surface area contributed by atoms with Gasteiger partial charge in [0.1, 0.15) is 5.75 Å². The third-order valence-electron chi connectivity index (χ3n) is 2.97. The third-order valence-corrected chi connectivity index (χ3v) is 3.89.